The molecule has 2 heterocycles. The van der Waals surface area contributed by atoms with Gasteiger partial charge in [-0.25, -0.2) is 0 Å². The highest BCUT2D eigenvalue weighted by Gasteiger charge is 2.43. The van der Waals surface area contributed by atoms with Gasteiger partial charge in [-0.05, 0) is 60.4 Å². The number of aromatic hydroxyl groups is 1. The van der Waals surface area contributed by atoms with Gasteiger partial charge >= 0.3 is 0 Å². The molecule has 1 aromatic heterocycles. The molecule has 0 radical (unpaired) electrons. The molecule has 0 fully saturated rings. The first kappa shape index (κ1) is 20.3. The molecule has 5 nitrogen and oxygen atoms in total. The molecule has 160 valence electrons. The van der Waals surface area contributed by atoms with E-state index in [0.717, 1.165) is 16.7 Å². The molecule has 0 saturated carbocycles. The van der Waals surface area contributed by atoms with Gasteiger partial charge in [0, 0.05) is 11.6 Å². The topological polar surface area (TPSA) is 70.8 Å². The largest absolute Gasteiger partial charge is 0.508 e. The lowest BCUT2D eigenvalue weighted by atomic mass is 9.97. The Morgan fingerprint density at radius 3 is 2.56 bits per heavy atom. The van der Waals surface area contributed by atoms with Gasteiger partial charge < -0.3 is 14.4 Å². The summed E-state index contributed by atoms with van der Waals surface area (Å²) in [6.07, 6.45) is 0. The van der Waals surface area contributed by atoms with Crippen LogP contribution in [0.5, 0.6) is 5.75 Å². The van der Waals surface area contributed by atoms with E-state index in [2.05, 4.69) is 0 Å². The number of benzene rings is 3. The summed E-state index contributed by atoms with van der Waals surface area (Å²) in [5, 5.41) is 11.1. The van der Waals surface area contributed by atoms with Crippen LogP contribution in [0.2, 0.25) is 5.02 Å². The molecule has 5 rings (SSSR count). The molecule has 0 aliphatic carbocycles. The second-order valence-electron chi connectivity index (χ2n) is 8.15. The number of rotatable bonds is 3. The molecule has 0 saturated heterocycles. The fourth-order valence-electron chi connectivity index (χ4n) is 4.49. The van der Waals surface area contributed by atoms with Gasteiger partial charge in [0.25, 0.3) is 5.91 Å². The Morgan fingerprint density at radius 1 is 1.03 bits per heavy atom. The highest BCUT2D eigenvalue weighted by atomic mass is 35.5. The molecule has 1 aliphatic rings. The minimum absolute atomic E-state index is 0.0369. The van der Waals surface area contributed by atoms with E-state index in [1.54, 1.807) is 41.3 Å². The maximum absolute atomic E-state index is 13.7. The molecule has 0 bridgehead atoms. The number of phenolic OH excluding ortho intramolecular Hbond substituents is 1. The van der Waals surface area contributed by atoms with Crippen molar-refractivity contribution < 1.29 is 14.3 Å². The SMILES string of the molecule is Cc1cc(C)c2oc3c(c(=O)c2c1)[C@H](c1cccc(O)c1)N(Cc1ccccc1Cl)C3=O. The van der Waals surface area contributed by atoms with Crippen LogP contribution < -0.4 is 5.43 Å². The Labute approximate surface area is 189 Å². The number of hydrogen-bond donors (Lipinski definition) is 1. The van der Waals surface area contributed by atoms with Gasteiger partial charge in [0.05, 0.1) is 17.0 Å². The van der Waals surface area contributed by atoms with Gasteiger partial charge in [0.15, 0.2) is 5.43 Å². The molecule has 0 unspecified atom stereocenters. The molecular weight excluding hydrogens is 426 g/mol. The predicted molar refractivity (Wildman–Crippen MR) is 123 cm³/mol. The van der Waals surface area contributed by atoms with Gasteiger partial charge in [-0.1, -0.05) is 48.0 Å². The van der Waals surface area contributed by atoms with E-state index >= 15 is 0 Å². The summed E-state index contributed by atoms with van der Waals surface area (Å²) in [5.41, 5.74) is 3.58. The van der Waals surface area contributed by atoms with Crippen molar-refractivity contribution in [2.75, 3.05) is 0 Å². The first-order chi connectivity index (χ1) is 15.3. The number of carbonyl (C=O) groups excluding carboxylic acids is 1. The number of carbonyl (C=O) groups is 1. The van der Waals surface area contributed by atoms with Crippen LogP contribution in [0.15, 0.2) is 69.9 Å². The fourth-order valence-corrected chi connectivity index (χ4v) is 4.68. The Hall–Kier alpha value is -3.57. The average molecular weight is 446 g/mol. The molecular formula is C26H20ClNO4. The molecule has 1 amide bonds. The summed E-state index contributed by atoms with van der Waals surface area (Å²) in [7, 11) is 0. The third-order valence-corrected chi connectivity index (χ3v) is 6.25. The molecule has 0 spiro atoms. The van der Waals surface area contributed by atoms with E-state index < -0.39 is 6.04 Å². The van der Waals surface area contributed by atoms with Crippen LogP contribution in [-0.2, 0) is 6.54 Å². The lowest BCUT2D eigenvalue weighted by Gasteiger charge is -2.25. The van der Waals surface area contributed by atoms with E-state index in [-0.39, 0.29) is 35.0 Å². The summed E-state index contributed by atoms with van der Waals surface area (Å²) in [6.45, 7) is 3.97. The summed E-state index contributed by atoms with van der Waals surface area (Å²) in [6, 6.07) is 16.9. The summed E-state index contributed by atoms with van der Waals surface area (Å²) in [5.74, 6) is -0.292. The van der Waals surface area contributed by atoms with Crippen molar-refractivity contribution >= 4 is 28.5 Å². The molecule has 1 atom stereocenters. The first-order valence-corrected chi connectivity index (χ1v) is 10.6. The fraction of sp³-hybridized carbons (Fsp3) is 0.154. The number of nitrogens with zero attached hydrogens (tertiary/aromatic N) is 1. The third kappa shape index (κ3) is 3.17. The summed E-state index contributed by atoms with van der Waals surface area (Å²) >= 11 is 6.37. The summed E-state index contributed by atoms with van der Waals surface area (Å²) in [4.78, 5) is 28.8. The average Bonchev–Trinajstić information content (AvgIpc) is 3.03. The van der Waals surface area contributed by atoms with Crippen molar-refractivity contribution in [3.63, 3.8) is 0 Å². The normalized spacial score (nSPS) is 15.4. The number of halogens is 1. The van der Waals surface area contributed by atoms with Gasteiger partial charge in [-0.3, -0.25) is 9.59 Å². The van der Waals surface area contributed by atoms with Gasteiger partial charge in [-0.15, -0.1) is 0 Å². The molecule has 1 aliphatic heterocycles. The van der Waals surface area contributed by atoms with E-state index in [9.17, 15) is 14.7 Å². The number of amides is 1. The quantitative estimate of drug-likeness (QED) is 0.451. The zero-order valence-electron chi connectivity index (χ0n) is 17.6. The zero-order chi connectivity index (χ0) is 22.6. The molecule has 3 aromatic carbocycles. The van der Waals surface area contributed by atoms with Gasteiger partial charge in [0.2, 0.25) is 5.76 Å². The highest BCUT2D eigenvalue weighted by molar-refractivity contribution is 6.31. The number of hydrogen-bond acceptors (Lipinski definition) is 4. The van der Waals surface area contributed by atoms with E-state index in [1.165, 1.54) is 0 Å². The van der Waals surface area contributed by atoms with Crippen LogP contribution in [0.3, 0.4) is 0 Å². The van der Waals surface area contributed by atoms with Crippen molar-refractivity contribution in [3.05, 3.63) is 109 Å². The third-order valence-electron chi connectivity index (χ3n) is 5.88. The van der Waals surface area contributed by atoms with Crippen molar-refractivity contribution in [3.8, 4) is 5.75 Å². The monoisotopic (exact) mass is 445 g/mol. The van der Waals surface area contributed by atoms with E-state index in [0.29, 0.717) is 21.6 Å². The Kier molecular flexibility index (Phi) is 4.79. The second-order valence-corrected chi connectivity index (χ2v) is 8.56. The Balaban J connectivity index is 1.78. The van der Waals surface area contributed by atoms with E-state index in [4.69, 9.17) is 16.0 Å². The number of phenols is 1. The number of aryl methyl sites for hydroxylation is 2. The minimum atomic E-state index is -0.706. The van der Waals surface area contributed by atoms with Crippen LogP contribution in [0.4, 0.5) is 0 Å². The molecule has 6 heteroatoms. The highest BCUT2D eigenvalue weighted by Crippen LogP contribution is 2.40. The standard InChI is InChI=1S/C26H20ClNO4/c1-14-10-15(2)24-19(11-14)23(30)21-22(16-7-5-8-18(29)12-16)28(26(31)25(21)32-24)13-17-6-3-4-9-20(17)27/h3-12,22,29H,13H2,1-2H3/t22-/m0/s1. The van der Waals surface area contributed by atoms with Crippen LogP contribution in [0.25, 0.3) is 11.0 Å². The van der Waals surface area contributed by atoms with E-state index in [1.807, 2.05) is 38.1 Å². The maximum Gasteiger partial charge on any atom is 0.291 e. The van der Waals surface area contributed by atoms with Crippen molar-refractivity contribution in [2.45, 2.75) is 26.4 Å². The zero-order valence-corrected chi connectivity index (χ0v) is 18.3. The van der Waals surface area contributed by atoms with Gasteiger partial charge in [0.1, 0.15) is 11.3 Å². The lowest BCUT2D eigenvalue weighted by Crippen LogP contribution is -2.29. The predicted octanol–water partition coefficient (Wildman–Crippen LogP) is 5.51. The molecule has 32 heavy (non-hydrogen) atoms. The van der Waals surface area contributed by atoms with Crippen LogP contribution in [-0.4, -0.2) is 15.9 Å². The second kappa shape index (κ2) is 7.53. The van der Waals surface area contributed by atoms with Crippen molar-refractivity contribution in [2.24, 2.45) is 0 Å². The Morgan fingerprint density at radius 2 is 1.81 bits per heavy atom. The van der Waals surface area contributed by atoms with Crippen LogP contribution in [0.1, 0.15) is 44.4 Å². The first-order valence-electron chi connectivity index (χ1n) is 10.3. The number of fused-ring (bicyclic) bond motifs is 2. The maximum atomic E-state index is 13.7. The lowest BCUT2D eigenvalue weighted by molar-refractivity contribution is 0.0714. The van der Waals surface area contributed by atoms with Crippen molar-refractivity contribution in [1.29, 1.82) is 0 Å². The Bertz CT molecular complexity index is 1460. The van der Waals surface area contributed by atoms with Crippen LogP contribution in [0, 0.1) is 13.8 Å². The van der Waals surface area contributed by atoms with Gasteiger partial charge in [-0.2, -0.15) is 0 Å². The smallest absolute Gasteiger partial charge is 0.291 e. The van der Waals surface area contributed by atoms with Crippen LogP contribution >= 0.6 is 11.6 Å². The molecule has 4 aromatic rings. The molecule has 1 N–H and O–H groups in total. The minimum Gasteiger partial charge on any atom is -0.508 e. The van der Waals surface area contributed by atoms with Crippen molar-refractivity contribution in [1.82, 2.24) is 4.90 Å². The summed E-state index contributed by atoms with van der Waals surface area (Å²) < 4.78 is 6.08.